The van der Waals surface area contributed by atoms with Crippen LogP contribution in [0.1, 0.15) is 28.7 Å². The standard InChI is InChI=1S/C14H16N4O5S/c1-4-22-13(20)11-8(3)15-14(21)17-12(11)24-6-10(19)16-9-5-7(2)23-18-9/h5H,4,6H2,1-3H3,(H,15,17,21)(H,16,18,19). The quantitative estimate of drug-likeness (QED) is 0.452. The molecule has 2 aromatic heterocycles. The predicted molar refractivity (Wildman–Crippen MR) is 86.1 cm³/mol. The Kier molecular flexibility index (Phi) is 5.74. The monoisotopic (exact) mass is 352 g/mol. The maximum atomic E-state index is 12.0. The fourth-order valence-corrected chi connectivity index (χ4v) is 2.71. The van der Waals surface area contributed by atoms with Crippen LogP contribution >= 0.6 is 11.8 Å². The summed E-state index contributed by atoms with van der Waals surface area (Å²) < 4.78 is 9.80. The van der Waals surface area contributed by atoms with Gasteiger partial charge in [-0.2, -0.15) is 4.98 Å². The average Bonchev–Trinajstić information content (AvgIpc) is 2.89. The lowest BCUT2D eigenvalue weighted by Crippen LogP contribution is -2.21. The van der Waals surface area contributed by atoms with Crippen molar-refractivity contribution in [1.29, 1.82) is 0 Å². The molecule has 2 aromatic rings. The maximum absolute atomic E-state index is 12.0. The van der Waals surface area contributed by atoms with E-state index in [4.69, 9.17) is 9.26 Å². The molecule has 0 aliphatic rings. The molecule has 2 heterocycles. The molecule has 0 unspecified atom stereocenters. The average molecular weight is 352 g/mol. The number of hydrogen-bond donors (Lipinski definition) is 2. The number of hydrogen-bond acceptors (Lipinski definition) is 8. The van der Waals surface area contributed by atoms with Gasteiger partial charge in [-0.1, -0.05) is 16.9 Å². The van der Waals surface area contributed by atoms with Gasteiger partial charge < -0.3 is 19.6 Å². The second kappa shape index (κ2) is 7.77. The van der Waals surface area contributed by atoms with Crippen molar-refractivity contribution in [2.45, 2.75) is 25.8 Å². The highest BCUT2D eigenvalue weighted by Crippen LogP contribution is 2.22. The van der Waals surface area contributed by atoms with E-state index in [1.807, 2.05) is 0 Å². The normalized spacial score (nSPS) is 10.5. The number of esters is 1. The van der Waals surface area contributed by atoms with Gasteiger partial charge in [0.25, 0.3) is 0 Å². The summed E-state index contributed by atoms with van der Waals surface area (Å²) in [5.74, 6) is -0.182. The van der Waals surface area contributed by atoms with Gasteiger partial charge in [-0.15, -0.1) is 0 Å². The molecule has 0 radical (unpaired) electrons. The molecule has 1 amide bonds. The van der Waals surface area contributed by atoms with Gasteiger partial charge in [0.15, 0.2) is 5.82 Å². The summed E-state index contributed by atoms with van der Waals surface area (Å²) in [6.07, 6.45) is 0. The second-order valence-electron chi connectivity index (χ2n) is 4.73. The smallest absolute Gasteiger partial charge is 0.346 e. The molecule has 0 atom stereocenters. The Morgan fingerprint density at radius 2 is 2.17 bits per heavy atom. The number of carbonyl (C=O) groups is 2. The van der Waals surface area contributed by atoms with E-state index in [1.54, 1.807) is 26.8 Å². The lowest BCUT2D eigenvalue weighted by Gasteiger charge is -2.09. The molecular weight excluding hydrogens is 336 g/mol. The molecule has 2 rings (SSSR count). The third kappa shape index (κ3) is 4.44. The zero-order chi connectivity index (χ0) is 17.7. The summed E-state index contributed by atoms with van der Waals surface area (Å²) in [7, 11) is 0. The van der Waals surface area contributed by atoms with E-state index in [1.165, 1.54) is 0 Å². The first-order valence-corrected chi connectivity index (χ1v) is 8.03. The van der Waals surface area contributed by atoms with Crippen LogP contribution in [0.2, 0.25) is 0 Å². The lowest BCUT2D eigenvalue weighted by molar-refractivity contribution is -0.113. The van der Waals surface area contributed by atoms with Crippen molar-refractivity contribution in [3.05, 3.63) is 33.6 Å². The van der Waals surface area contributed by atoms with Gasteiger partial charge in [0.05, 0.1) is 12.4 Å². The Hall–Kier alpha value is -2.62. The van der Waals surface area contributed by atoms with Crippen LogP contribution in [0.5, 0.6) is 0 Å². The minimum atomic E-state index is -0.603. The molecule has 0 aromatic carbocycles. The summed E-state index contributed by atoms with van der Waals surface area (Å²) in [5, 5.41) is 6.33. The van der Waals surface area contributed by atoms with Crippen LogP contribution in [0.4, 0.5) is 5.82 Å². The van der Waals surface area contributed by atoms with Crippen molar-refractivity contribution in [3.8, 4) is 0 Å². The van der Waals surface area contributed by atoms with E-state index in [0.717, 1.165) is 11.8 Å². The Balaban J connectivity index is 2.12. The van der Waals surface area contributed by atoms with Gasteiger partial charge >= 0.3 is 11.7 Å². The molecule has 0 saturated carbocycles. The topological polar surface area (TPSA) is 127 Å². The number of aryl methyl sites for hydroxylation is 2. The summed E-state index contributed by atoms with van der Waals surface area (Å²) in [5.41, 5.74) is -0.120. The molecule has 24 heavy (non-hydrogen) atoms. The summed E-state index contributed by atoms with van der Waals surface area (Å²) >= 11 is 0.961. The van der Waals surface area contributed by atoms with Gasteiger partial charge in [0.1, 0.15) is 16.3 Å². The molecule has 0 fully saturated rings. The number of aromatic amines is 1. The van der Waals surface area contributed by atoms with E-state index >= 15 is 0 Å². The van der Waals surface area contributed by atoms with Crippen LogP contribution in [0.3, 0.4) is 0 Å². The van der Waals surface area contributed by atoms with Crippen molar-refractivity contribution in [1.82, 2.24) is 15.1 Å². The van der Waals surface area contributed by atoms with Crippen LogP contribution in [0, 0.1) is 13.8 Å². The summed E-state index contributed by atoms with van der Waals surface area (Å²) in [6, 6.07) is 1.57. The van der Waals surface area contributed by atoms with Gasteiger partial charge in [-0.25, -0.2) is 9.59 Å². The van der Waals surface area contributed by atoms with Gasteiger partial charge in [0.2, 0.25) is 5.91 Å². The number of H-pyrrole nitrogens is 1. The van der Waals surface area contributed by atoms with Gasteiger partial charge in [0, 0.05) is 11.8 Å². The summed E-state index contributed by atoms with van der Waals surface area (Å²) in [4.78, 5) is 41.7. The molecule has 0 aliphatic carbocycles. The van der Waals surface area contributed by atoms with Crippen molar-refractivity contribution < 1.29 is 18.8 Å². The second-order valence-corrected chi connectivity index (χ2v) is 5.69. The van der Waals surface area contributed by atoms with E-state index in [2.05, 4.69) is 20.4 Å². The highest BCUT2D eigenvalue weighted by molar-refractivity contribution is 8.00. The molecule has 9 nitrogen and oxygen atoms in total. The Morgan fingerprint density at radius 3 is 2.79 bits per heavy atom. The number of thioether (sulfide) groups is 1. The van der Waals surface area contributed by atoms with Crippen LogP contribution in [-0.4, -0.2) is 39.4 Å². The van der Waals surface area contributed by atoms with Crippen LogP contribution in [-0.2, 0) is 9.53 Å². The minimum absolute atomic E-state index is 0.0613. The van der Waals surface area contributed by atoms with Crippen molar-refractivity contribution in [3.63, 3.8) is 0 Å². The molecule has 0 saturated heterocycles. The SMILES string of the molecule is CCOC(=O)c1c(SCC(=O)Nc2cc(C)on2)nc(=O)[nH]c1C. The number of amides is 1. The van der Waals surface area contributed by atoms with Crippen LogP contribution in [0.15, 0.2) is 20.4 Å². The number of carbonyl (C=O) groups excluding carboxylic acids is 2. The van der Waals surface area contributed by atoms with Crippen LogP contribution < -0.4 is 11.0 Å². The number of nitrogens with one attached hydrogen (secondary N) is 2. The van der Waals surface area contributed by atoms with Crippen molar-refractivity contribution in [2.24, 2.45) is 0 Å². The van der Waals surface area contributed by atoms with E-state index in [-0.39, 0.29) is 28.9 Å². The first kappa shape index (κ1) is 17.7. The van der Waals surface area contributed by atoms with Gasteiger partial charge in [-0.3, -0.25) is 4.79 Å². The minimum Gasteiger partial charge on any atom is -0.462 e. The van der Waals surface area contributed by atoms with Gasteiger partial charge in [-0.05, 0) is 20.8 Å². The summed E-state index contributed by atoms with van der Waals surface area (Å²) in [6.45, 7) is 5.13. The first-order chi connectivity index (χ1) is 11.4. The number of nitrogens with zero attached hydrogens (tertiary/aromatic N) is 2. The van der Waals surface area contributed by atoms with E-state index in [0.29, 0.717) is 17.3 Å². The molecular formula is C14H16N4O5S. The molecule has 10 heteroatoms. The molecule has 0 bridgehead atoms. The maximum Gasteiger partial charge on any atom is 0.346 e. The zero-order valence-corrected chi connectivity index (χ0v) is 14.2. The first-order valence-electron chi connectivity index (χ1n) is 7.04. The highest BCUT2D eigenvalue weighted by Gasteiger charge is 2.20. The Morgan fingerprint density at radius 1 is 1.42 bits per heavy atom. The lowest BCUT2D eigenvalue weighted by atomic mass is 10.2. The molecule has 0 spiro atoms. The number of aromatic nitrogens is 3. The van der Waals surface area contributed by atoms with Crippen LogP contribution in [0.25, 0.3) is 0 Å². The van der Waals surface area contributed by atoms with Crippen molar-refractivity contribution >= 4 is 29.5 Å². The predicted octanol–water partition coefficient (Wildman–Crippen LogP) is 1.28. The van der Waals surface area contributed by atoms with E-state index in [9.17, 15) is 14.4 Å². The number of rotatable bonds is 6. The van der Waals surface area contributed by atoms with E-state index < -0.39 is 11.7 Å². The van der Waals surface area contributed by atoms with Crippen molar-refractivity contribution in [2.75, 3.05) is 17.7 Å². The molecule has 0 aliphatic heterocycles. The fourth-order valence-electron chi connectivity index (χ4n) is 1.85. The number of ether oxygens (including phenoxy) is 1. The zero-order valence-electron chi connectivity index (χ0n) is 13.3. The Bertz CT molecular complexity index is 814. The third-order valence-corrected chi connectivity index (χ3v) is 3.78. The molecule has 128 valence electrons. The molecule has 2 N–H and O–H groups in total. The number of anilines is 1. The largest absolute Gasteiger partial charge is 0.462 e. The highest BCUT2D eigenvalue weighted by atomic mass is 32.2. The Labute approximate surface area is 141 Å². The fraction of sp³-hybridized carbons (Fsp3) is 0.357. The third-order valence-electron chi connectivity index (χ3n) is 2.80.